The highest BCUT2D eigenvalue weighted by atomic mass is 15.1. The van der Waals surface area contributed by atoms with Crippen LogP contribution in [0.25, 0.3) is 0 Å². The Hall–Kier alpha value is -1.02. The van der Waals surface area contributed by atoms with Gasteiger partial charge >= 0.3 is 0 Å². The van der Waals surface area contributed by atoms with E-state index in [1.54, 1.807) is 0 Å². The summed E-state index contributed by atoms with van der Waals surface area (Å²) in [7, 11) is 0. The van der Waals surface area contributed by atoms with Crippen LogP contribution in [0.1, 0.15) is 33.3 Å². The van der Waals surface area contributed by atoms with E-state index in [4.69, 9.17) is 0 Å². The average Bonchev–Trinajstić information content (AvgIpc) is 2.34. The lowest BCUT2D eigenvalue weighted by Gasteiger charge is -2.25. The highest BCUT2D eigenvalue weighted by Crippen LogP contribution is 2.15. The Labute approximate surface area is 112 Å². The van der Waals surface area contributed by atoms with Gasteiger partial charge in [-0.2, -0.15) is 0 Å². The molecule has 1 aromatic rings. The summed E-state index contributed by atoms with van der Waals surface area (Å²) in [6, 6.07) is 9.33. The summed E-state index contributed by atoms with van der Waals surface area (Å²) in [5.74, 6) is 0.694. The summed E-state index contributed by atoms with van der Waals surface area (Å²) in [5.41, 5.74) is 2.66. The fourth-order valence-corrected chi connectivity index (χ4v) is 1.96. The molecule has 0 fully saturated rings. The van der Waals surface area contributed by atoms with Crippen molar-refractivity contribution in [2.75, 3.05) is 24.5 Å². The minimum Gasteiger partial charge on any atom is -0.371 e. The Morgan fingerprint density at radius 1 is 1.22 bits per heavy atom. The smallest absolute Gasteiger partial charge is 0.0369 e. The Morgan fingerprint density at radius 2 is 1.94 bits per heavy atom. The van der Waals surface area contributed by atoms with Gasteiger partial charge in [0.05, 0.1) is 0 Å². The zero-order chi connectivity index (χ0) is 13.5. The van der Waals surface area contributed by atoms with E-state index in [0.29, 0.717) is 12.0 Å². The normalized spacial score (nSPS) is 12.8. The van der Waals surface area contributed by atoms with Gasteiger partial charge in [0.15, 0.2) is 0 Å². The molecular weight excluding hydrogens is 220 g/mol. The van der Waals surface area contributed by atoms with E-state index in [0.717, 1.165) is 19.6 Å². The molecule has 0 saturated heterocycles. The van der Waals surface area contributed by atoms with Crippen molar-refractivity contribution in [2.24, 2.45) is 5.92 Å². The van der Waals surface area contributed by atoms with Crippen LogP contribution < -0.4 is 10.2 Å². The maximum atomic E-state index is 3.59. The third-order valence-electron chi connectivity index (χ3n) is 3.60. The monoisotopic (exact) mass is 248 g/mol. The largest absolute Gasteiger partial charge is 0.371 e. The zero-order valence-electron chi connectivity index (χ0n) is 12.5. The van der Waals surface area contributed by atoms with E-state index in [9.17, 15) is 0 Å². The summed E-state index contributed by atoms with van der Waals surface area (Å²) in [6.07, 6.45) is 0. The molecule has 1 aromatic carbocycles. The fourth-order valence-electron chi connectivity index (χ4n) is 1.96. The van der Waals surface area contributed by atoms with Crippen LogP contribution in [-0.4, -0.2) is 25.7 Å². The van der Waals surface area contributed by atoms with Gasteiger partial charge in [-0.25, -0.2) is 0 Å². The molecule has 0 bridgehead atoms. The highest BCUT2D eigenvalue weighted by Gasteiger charge is 2.07. The van der Waals surface area contributed by atoms with Gasteiger partial charge in [-0.05, 0) is 44.4 Å². The van der Waals surface area contributed by atoms with Crippen LogP contribution in [0.5, 0.6) is 0 Å². The number of likely N-dealkylation sites (N-methyl/N-ethyl adjacent to an activating group) is 1. The first-order chi connectivity index (χ1) is 8.54. The zero-order valence-corrected chi connectivity index (χ0v) is 12.5. The van der Waals surface area contributed by atoms with Crippen molar-refractivity contribution in [3.63, 3.8) is 0 Å². The molecule has 0 heterocycles. The van der Waals surface area contributed by atoms with E-state index >= 15 is 0 Å². The van der Waals surface area contributed by atoms with Gasteiger partial charge in [-0.1, -0.05) is 26.0 Å². The summed E-state index contributed by atoms with van der Waals surface area (Å²) in [5, 5.41) is 3.59. The molecule has 0 saturated carbocycles. The Balaban J connectivity index is 2.48. The quantitative estimate of drug-likeness (QED) is 0.795. The molecule has 0 spiro atoms. The Bertz CT molecular complexity index is 347. The van der Waals surface area contributed by atoms with E-state index in [1.165, 1.54) is 11.3 Å². The van der Waals surface area contributed by atoms with Gasteiger partial charge in [0.1, 0.15) is 0 Å². The molecule has 1 atom stereocenters. The molecule has 0 aromatic heterocycles. The number of anilines is 1. The van der Waals surface area contributed by atoms with Crippen LogP contribution in [0, 0.1) is 12.8 Å². The molecule has 1 unspecified atom stereocenters. The number of benzene rings is 1. The van der Waals surface area contributed by atoms with Crippen molar-refractivity contribution in [1.82, 2.24) is 5.32 Å². The van der Waals surface area contributed by atoms with Gasteiger partial charge < -0.3 is 10.2 Å². The van der Waals surface area contributed by atoms with Crippen LogP contribution in [0.3, 0.4) is 0 Å². The van der Waals surface area contributed by atoms with Crippen LogP contribution in [0.2, 0.25) is 0 Å². The molecule has 18 heavy (non-hydrogen) atoms. The third kappa shape index (κ3) is 4.69. The van der Waals surface area contributed by atoms with Gasteiger partial charge in [0, 0.05) is 31.4 Å². The van der Waals surface area contributed by atoms with Crippen molar-refractivity contribution in [1.29, 1.82) is 0 Å². The van der Waals surface area contributed by atoms with Gasteiger partial charge in [-0.15, -0.1) is 0 Å². The van der Waals surface area contributed by atoms with E-state index in [1.807, 2.05) is 0 Å². The number of nitrogens with zero attached hydrogens (tertiary/aromatic N) is 1. The summed E-state index contributed by atoms with van der Waals surface area (Å²) in [4.78, 5) is 2.42. The standard InChI is InChI=1S/C16H28N2/c1-6-18(11-10-17-15(5)13(2)3)16-9-7-8-14(4)12-16/h7-9,12-13,15,17H,6,10-11H2,1-5H3. The van der Waals surface area contributed by atoms with Crippen molar-refractivity contribution < 1.29 is 0 Å². The topological polar surface area (TPSA) is 15.3 Å². The summed E-state index contributed by atoms with van der Waals surface area (Å²) < 4.78 is 0. The molecule has 1 rings (SSSR count). The van der Waals surface area contributed by atoms with Crippen LogP contribution >= 0.6 is 0 Å². The molecular formula is C16H28N2. The molecule has 0 aliphatic carbocycles. The first kappa shape index (κ1) is 15.0. The maximum absolute atomic E-state index is 3.59. The van der Waals surface area contributed by atoms with Crippen molar-refractivity contribution in [2.45, 2.75) is 40.7 Å². The van der Waals surface area contributed by atoms with E-state index in [2.05, 4.69) is 69.1 Å². The fraction of sp³-hybridized carbons (Fsp3) is 0.625. The summed E-state index contributed by atoms with van der Waals surface area (Å²) >= 11 is 0. The SMILES string of the molecule is CCN(CCNC(C)C(C)C)c1cccc(C)c1. The Morgan fingerprint density at radius 3 is 2.50 bits per heavy atom. The minimum atomic E-state index is 0.584. The second-order valence-electron chi connectivity index (χ2n) is 5.41. The second-order valence-corrected chi connectivity index (χ2v) is 5.41. The lowest BCUT2D eigenvalue weighted by atomic mass is 10.1. The lowest BCUT2D eigenvalue weighted by molar-refractivity contribution is 0.430. The third-order valence-corrected chi connectivity index (χ3v) is 3.60. The van der Waals surface area contributed by atoms with Crippen LogP contribution in [0.15, 0.2) is 24.3 Å². The lowest BCUT2D eigenvalue weighted by Crippen LogP contribution is -2.38. The van der Waals surface area contributed by atoms with Crippen molar-refractivity contribution in [3.8, 4) is 0 Å². The van der Waals surface area contributed by atoms with Crippen molar-refractivity contribution >= 4 is 5.69 Å². The molecule has 0 aliphatic rings. The average molecular weight is 248 g/mol. The predicted molar refractivity (Wildman–Crippen MR) is 81.4 cm³/mol. The molecule has 0 amide bonds. The number of nitrogens with one attached hydrogen (secondary N) is 1. The Kier molecular flexibility index (Phi) is 6.20. The van der Waals surface area contributed by atoms with Crippen LogP contribution in [0.4, 0.5) is 5.69 Å². The van der Waals surface area contributed by atoms with E-state index < -0.39 is 0 Å². The van der Waals surface area contributed by atoms with Gasteiger partial charge in [0.25, 0.3) is 0 Å². The van der Waals surface area contributed by atoms with Gasteiger partial charge in [-0.3, -0.25) is 0 Å². The second kappa shape index (κ2) is 7.42. The molecule has 0 aliphatic heterocycles. The molecule has 2 heteroatoms. The summed E-state index contributed by atoms with van der Waals surface area (Å²) in [6.45, 7) is 14.3. The number of hydrogen-bond acceptors (Lipinski definition) is 2. The predicted octanol–water partition coefficient (Wildman–Crippen LogP) is 3.46. The molecule has 0 radical (unpaired) electrons. The minimum absolute atomic E-state index is 0.584. The van der Waals surface area contributed by atoms with Gasteiger partial charge in [0.2, 0.25) is 0 Å². The first-order valence-electron chi connectivity index (χ1n) is 7.09. The number of hydrogen-bond donors (Lipinski definition) is 1. The first-order valence-corrected chi connectivity index (χ1v) is 7.09. The van der Waals surface area contributed by atoms with Crippen LogP contribution in [-0.2, 0) is 0 Å². The number of rotatable bonds is 7. The highest BCUT2D eigenvalue weighted by molar-refractivity contribution is 5.48. The maximum Gasteiger partial charge on any atom is 0.0369 e. The molecule has 2 nitrogen and oxygen atoms in total. The van der Waals surface area contributed by atoms with E-state index in [-0.39, 0.29) is 0 Å². The molecule has 102 valence electrons. The van der Waals surface area contributed by atoms with Crippen molar-refractivity contribution in [3.05, 3.63) is 29.8 Å². The number of aryl methyl sites for hydroxylation is 1. The molecule has 1 N–H and O–H groups in total.